The van der Waals surface area contributed by atoms with Gasteiger partial charge in [0.05, 0.1) is 38.1 Å². The minimum absolute atomic E-state index is 0.330. The lowest BCUT2D eigenvalue weighted by Gasteiger charge is -2.26. The number of nitrogens with two attached hydrogens (primary N) is 2. The third kappa shape index (κ3) is 15.7. The molecule has 16 N–H and O–H groups in total. The molecule has 0 unspecified atom stereocenters. The lowest BCUT2D eigenvalue weighted by molar-refractivity contribution is -0.148. The fourth-order valence-corrected chi connectivity index (χ4v) is 5.33. The number of nitrogens with one attached hydrogen (secondary N) is 7. The molecule has 1 heterocycles. The summed E-state index contributed by atoms with van der Waals surface area (Å²) in [5.74, 6) is -17.6. The number of carbonyl (C=O) groups is 12. The van der Waals surface area contributed by atoms with E-state index in [1.807, 2.05) is 5.32 Å². The van der Waals surface area contributed by atoms with Gasteiger partial charge in [0.15, 0.2) is 0 Å². The highest BCUT2D eigenvalue weighted by Gasteiger charge is 2.36. The number of rotatable bonds is 25. The number of carboxylic acids is 5. The topological polar surface area (TPSA) is 446 Å². The van der Waals surface area contributed by atoms with Crippen LogP contribution in [0.4, 0.5) is 0 Å². The standard InChI is InChI=1S/C34H43N9O17/c1-13(35)28(53)38-18(7-23(36)44)30(55)41-19(8-24(45)46)31(56)39-17(6-14-12-37-16-5-3-2-4-15(14)16)29(54)40-20(9-25(47)48)32(57)42-21(10-26(49)50)33(58)43-22(34(59)60)11-27(51)52/h2-5,12-13,17-22,37H,6-11,35H2,1H3,(H2,36,44)(H,38,53)(H,39,56)(H,40,54)(H,41,55)(H,42,57)(H,43,58)(H,45,46)(H,47,48)(H,49,50)(H,51,52)(H,59,60)/t13-,17-,18-,19-,20-,21-,22-/m0/s1. The minimum Gasteiger partial charge on any atom is -0.481 e. The average Bonchev–Trinajstić information content (AvgIpc) is 3.54. The largest absolute Gasteiger partial charge is 0.481 e. The predicted molar refractivity (Wildman–Crippen MR) is 198 cm³/mol. The van der Waals surface area contributed by atoms with Crippen LogP contribution in [0.2, 0.25) is 0 Å². The molecule has 0 bridgehead atoms. The van der Waals surface area contributed by atoms with Crippen LogP contribution >= 0.6 is 0 Å². The molecule has 0 aliphatic heterocycles. The van der Waals surface area contributed by atoms with Crippen LogP contribution in [0, 0.1) is 0 Å². The summed E-state index contributed by atoms with van der Waals surface area (Å²) in [6.07, 6.45) is -4.64. The first-order valence-electron chi connectivity index (χ1n) is 17.5. The van der Waals surface area contributed by atoms with Crippen molar-refractivity contribution in [1.82, 2.24) is 36.9 Å². The van der Waals surface area contributed by atoms with E-state index in [-0.39, 0.29) is 0 Å². The zero-order valence-electron chi connectivity index (χ0n) is 31.5. The number of fused-ring (bicyclic) bond motifs is 1. The quantitative estimate of drug-likeness (QED) is 0.0444. The number of hydrogen-bond acceptors (Lipinski definition) is 13. The third-order valence-electron chi connectivity index (χ3n) is 8.21. The van der Waals surface area contributed by atoms with Gasteiger partial charge < -0.3 is 73.9 Å². The van der Waals surface area contributed by atoms with Gasteiger partial charge >= 0.3 is 29.8 Å². The van der Waals surface area contributed by atoms with Crippen molar-refractivity contribution in [1.29, 1.82) is 0 Å². The number of aromatic amines is 1. The van der Waals surface area contributed by atoms with Crippen LogP contribution in [-0.2, 0) is 64.0 Å². The molecule has 0 aliphatic carbocycles. The molecule has 26 nitrogen and oxygen atoms in total. The second-order valence-corrected chi connectivity index (χ2v) is 13.1. The van der Waals surface area contributed by atoms with Crippen LogP contribution in [0.5, 0.6) is 0 Å². The molecular weight excluding hydrogens is 806 g/mol. The van der Waals surface area contributed by atoms with Crippen molar-refractivity contribution in [2.45, 2.75) is 87.7 Å². The Morgan fingerprint density at radius 2 is 0.883 bits per heavy atom. The summed E-state index contributed by atoms with van der Waals surface area (Å²) in [6, 6.07) is -6.66. The molecule has 0 fully saturated rings. The van der Waals surface area contributed by atoms with Gasteiger partial charge in [0.2, 0.25) is 41.4 Å². The Balaban J connectivity index is 2.51. The molecule has 60 heavy (non-hydrogen) atoms. The van der Waals surface area contributed by atoms with Crippen LogP contribution in [0.3, 0.4) is 0 Å². The third-order valence-corrected chi connectivity index (χ3v) is 8.21. The lowest BCUT2D eigenvalue weighted by Crippen LogP contribution is -2.60. The highest BCUT2D eigenvalue weighted by molar-refractivity contribution is 6.00. The van der Waals surface area contributed by atoms with Gasteiger partial charge in [-0.3, -0.25) is 52.7 Å². The van der Waals surface area contributed by atoms with Crippen LogP contribution in [0.1, 0.15) is 44.6 Å². The summed E-state index contributed by atoms with van der Waals surface area (Å²) in [4.78, 5) is 152. The molecule has 0 aliphatic rings. The molecule has 0 saturated carbocycles. The monoisotopic (exact) mass is 849 g/mol. The van der Waals surface area contributed by atoms with Crippen molar-refractivity contribution < 1.29 is 83.1 Å². The first-order valence-corrected chi connectivity index (χ1v) is 17.5. The van der Waals surface area contributed by atoms with Crippen LogP contribution < -0.4 is 43.4 Å². The second-order valence-electron chi connectivity index (χ2n) is 13.1. The van der Waals surface area contributed by atoms with Gasteiger partial charge in [-0.15, -0.1) is 0 Å². The van der Waals surface area contributed by atoms with Gasteiger partial charge in [0, 0.05) is 23.5 Å². The SMILES string of the molecule is C[C@H](N)C(=O)N[C@@H](CC(N)=O)C(=O)N[C@@H](CC(=O)O)C(=O)N[C@@H](Cc1c[nH]c2ccccc12)C(=O)N[C@@H](CC(=O)O)C(=O)N[C@@H](CC(=O)O)C(=O)N[C@@H](CC(=O)O)C(=O)O. The summed E-state index contributed by atoms with van der Waals surface area (Å²) in [7, 11) is 0. The molecule has 7 amide bonds. The van der Waals surface area contributed by atoms with Gasteiger partial charge in [-0.2, -0.15) is 0 Å². The van der Waals surface area contributed by atoms with Gasteiger partial charge in [-0.1, -0.05) is 18.2 Å². The minimum atomic E-state index is -2.16. The molecule has 2 rings (SSSR count). The Hall–Kier alpha value is -7.64. The van der Waals surface area contributed by atoms with E-state index in [0.29, 0.717) is 16.5 Å². The summed E-state index contributed by atoms with van der Waals surface area (Å²) in [5.41, 5.74) is 11.6. The summed E-state index contributed by atoms with van der Waals surface area (Å²) < 4.78 is 0. The van der Waals surface area contributed by atoms with Crippen molar-refractivity contribution in [3.8, 4) is 0 Å². The van der Waals surface area contributed by atoms with Crippen molar-refractivity contribution in [2.24, 2.45) is 11.5 Å². The summed E-state index contributed by atoms with van der Waals surface area (Å²) in [5, 5.41) is 59.4. The van der Waals surface area contributed by atoms with E-state index in [0.717, 1.165) is 0 Å². The molecule has 1 aromatic heterocycles. The lowest BCUT2D eigenvalue weighted by atomic mass is 10.0. The van der Waals surface area contributed by atoms with Crippen LogP contribution in [-0.4, -0.2) is 144 Å². The van der Waals surface area contributed by atoms with Crippen molar-refractivity contribution in [2.75, 3.05) is 0 Å². The maximum atomic E-state index is 13.9. The van der Waals surface area contributed by atoms with Crippen LogP contribution in [0.15, 0.2) is 30.5 Å². The molecule has 0 saturated heterocycles. The zero-order chi connectivity index (χ0) is 45.4. The summed E-state index contributed by atoms with van der Waals surface area (Å²) >= 11 is 0. The molecule has 0 spiro atoms. The van der Waals surface area contributed by atoms with E-state index in [1.165, 1.54) is 13.1 Å². The fourth-order valence-electron chi connectivity index (χ4n) is 5.33. The van der Waals surface area contributed by atoms with Gasteiger partial charge in [-0.05, 0) is 18.6 Å². The highest BCUT2D eigenvalue weighted by Crippen LogP contribution is 2.19. The number of aromatic nitrogens is 1. The first kappa shape index (κ1) is 48.5. The van der Waals surface area contributed by atoms with E-state index in [9.17, 15) is 78.0 Å². The second kappa shape index (κ2) is 22.3. The smallest absolute Gasteiger partial charge is 0.326 e. The Morgan fingerprint density at radius 3 is 1.28 bits per heavy atom. The molecule has 0 radical (unpaired) electrons. The number of H-pyrrole nitrogens is 1. The van der Waals surface area contributed by atoms with Crippen LogP contribution in [0.25, 0.3) is 10.9 Å². The Labute approximate surface area is 337 Å². The first-order chi connectivity index (χ1) is 28.0. The molecule has 2 aromatic rings. The van der Waals surface area contributed by atoms with E-state index < -0.39 is 152 Å². The zero-order valence-corrected chi connectivity index (χ0v) is 31.5. The number of carboxylic acid groups (broad SMARTS) is 5. The Morgan fingerprint density at radius 1 is 0.533 bits per heavy atom. The predicted octanol–water partition coefficient (Wildman–Crippen LogP) is -5.17. The average molecular weight is 850 g/mol. The summed E-state index contributed by atoms with van der Waals surface area (Å²) in [6.45, 7) is 1.24. The van der Waals surface area contributed by atoms with Gasteiger partial charge in [-0.25, -0.2) is 4.79 Å². The van der Waals surface area contributed by atoms with E-state index in [2.05, 4.69) is 26.3 Å². The normalized spacial score (nSPS) is 14.3. The van der Waals surface area contributed by atoms with E-state index in [1.54, 1.807) is 29.6 Å². The number of aliphatic carboxylic acids is 5. The molecule has 7 atom stereocenters. The van der Waals surface area contributed by atoms with Crippen molar-refractivity contribution in [3.05, 3.63) is 36.0 Å². The number of para-hydroxylation sites is 1. The van der Waals surface area contributed by atoms with E-state index in [4.69, 9.17) is 16.6 Å². The molecule has 1 aromatic carbocycles. The Kier molecular flexibility index (Phi) is 18.1. The maximum absolute atomic E-state index is 13.9. The molecule has 326 valence electrons. The van der Waals surface area contributed by atoms with Gasteiger partial charge in [0.1, 0.15) is 36.3 Å². The highest BCUT2D eigenvalue weighted by atomic mass is 16.4. The number of carbonyl (C=O) groups excluding carboxylic acids is 7. The number of primary amides is 1. The van der Waals surface area contributed by atoms with Gasteiger partial charge in [0.25, 0.3) is 0 Å². The maximum Gasteiger partial charge on any atom is 0.326 e. The van der Waals surface area contributed by atoms with Crippen molar-refractivity contribution >= 4 is 82.1 Å². The molecule has 26 heteroatoms. The van der Waals surface area contributed by atoms with E-state index >= 15 is 0 Å². The fraction of sp³-hybridized carbons (Fsp3) is 0.412. The Bertz CT molecular complexity index is 2020. The number of amides is 7. The number of benzene rings is 1. The van der Waals surface area contributed by atoms with Crippen molar-refractivity contribution in [3.63, 3.8) is 0 Å². The number of hydrogen-bond donors (Lipinski definition) is 14. The molecular formula is C34H43N9O17.